The fourth-order valence-corrected chi connectivity index (χ4v) is 2.91. The van der Waals surface area contributed by atoms with Crippen molar-refractivity contribution in [2.24, 2.45) is 0 Å². The van der Waals surface area contributed by atoms with Crippen molar-refractivity contribution in [1.82, 2.24) is 5.32 Å². The van der Waals surface area contributed by atoms with Crippen molar-refractivity contribution >= 4 is 15.9 Å². The minimum absolute atomic E-state index is 0.132. The van der Waals surface area contributed by atoms with Crippen molar-refractivity contribution in [3.63, 3.8) is 0 Å². The molecule has 2 aromatic carbocycles. The van der Waals surface area contributed by atoms with E-state index in [1.165, 1.54) is 11.1 Å². The van der Waals surface area contributed by atoms with Gasteiger partial charge in [-0.3, -0.25) is 0 Å². The predicted molar refractivity (Wildman–Crippen MR) is 78.4 cm³/mol. The Balaban J connectivity index is 1.68. The van der Waals surface area contributed by atoms with Crippen LogP contribution in [0.2, 0.25) is 0 Å². The minimum atomic E-state index is -0.132. The molecule has 0 saturated carbocycles. The van der Waals surface area contributed by atoms with E-state index in [0.29, 0.717) is 6.04 Å². The summed E-state index contributed by atoms with van der Waals surface area (Å²) < 4.78 is 14.2. The quantitative estimate of drug-likeness (QED) is 0.886. The highest BCUT2D eigenvalue weighted by molar-refractivity contribution is 9.10. The maximum atomic E-state index is 13.2. The second-order valence-corrected chi connectivity index (χ2v) is 5.86. The third kappa shape index (κ3) is 2.88. The summed E-state index contributed by atoms with van der Waals surface area (Å²) in [5.41, 5.74) is 3.66. The van der Waals surface area contributed by atoms with Crippen LogP contribution in [-0.4, -0.2) is 0 Å². The Morgan fingerprint density at radius 1 is 1.16 bits per heavy atom. The van der Waals surface area contributed by atoms with Gasteiger partial charge in [-0.15, -0.1) is 0 Å². The molecule has 0 spiro atoms. The molecule has 3 rings (SSSR count). The van der Waals surface area contributed by atoms with Gasteiger partial charge in [0.2, 0.25) is 0 Å². The third-order valence-electron chi connectivity index (χ3n) is 3.65. The molecule has 98 valence electrons. The lowest BCUT2D eigenvalue weighted by molar-refractivity contribution is 0.530. The molecule has 0 heterocycles. The van der Waals surface area contributed by atoms with E-state index in [1.807, 2.05) is 6.07 Å². The molecule has 2 aromatic rings. The third-order valence-corrected chi connectivity index (χ3v) is 4.18. The number of fused-ring (bicyclic) bond motifs is 1. The van der Waals surface area contributed by atoms with Crippen LogP contribution >= 0.6 is 15.9 Å². The van der Waals surface area contributed by atoms with Gasteiger partial charge in [0.1, 0.15) is 5.82 Å². The van der Waals surface area contributed by atoms with Gasteiger partial charge in [0.25, 0.3) is 0 Å². The lowest BCUT2D eigenvalue weighted by Gasteiger charge is -2.14. The highest BCUT2D eigenvalue weighted by atomic mass is 79.9. The van der Waals surface area contributed by atoms with Crippen LogP contribution in [0.5, 0.6) is 0 Å². The number of benzene rings is 2. The van der Waals surface area contributed by atoms with E-state index in [4.69, 9.17) is 0 Å². The summed E-state index contributed by atoms with van der Waals surface area (Å²) in [5.74, 6) is -0.132. The first-order valence-electron chi connectivity index (χ1n) is 6.48. The number of halogens is 2. The van der Waals surface area contributed by atoms with Crippen LogP contribution in [0, 0.1) is 5.82 Å². The Kier molecular flexibility index (Phi) is 3.67. The first-order chi connectivity index (χ1) is 9.22. The fourth-order valence-electron chi connectivity index (χ4n) is 2.64. The number of rotatable bonds is 3. The lowest BCUT2D eigenvalue weighted by atomic mass is 10.1. The molecule has 19 heavy (non-hydrogen) atoms. The van der Waals surface area contributed by atoms with Gasteiger partial charge in [-0.25, -0.2) is 4.39 Å². The number of hydrogen-bond donors (Lipinski definition) is 1. The van der Waals surface area contributed by atoms with E-state index in [2.05, 4.69) is 45.5 Å². The number of nitrogens with one attached hydrogen (secondary N) is 1. The molecule has 0 saturated heterocycles. The maximum Gasteiger partial charge on any atom is 0.123 e. The van der Waals surface area contributed by atoms with Crippen LogP contribution in [0.1, 0.15) is 29.2 Å². The van der Waals surface area contributed by atoms with Crippen molar-refractivity contribution in [1.29, 1.82) is 0 Å². The van der Waals surface area contributed by atoms with Crippen molar-refractivity contribution in [2.45, 2.75) is 25.4 Å². The molecule has 1 atom stereocenters. The van der Waals surface area contributed by atoms with Gasteiger partial charge in [0.05, 0.1) is 0 Å². The lowest BCUT2D eigenvalue weighted by Crippen LogP contribution is -2.18. The highest BCUT2D eigenvalue weighted by Crippen LogP contribution is 2.31. The maximum absolute atomic E-state index is 13.2. The van der Waals surface area contributed by atoms with Gasteiger partial charge in [-0.05, 0) is 53.8 Å². The summed E-state index contributed by atoms with van der Waals surface area (Å²) in [6.45, 7) is 0.842. The minimum Gasteiger partial charge on any atom is -0.306 e. The Morgan fingerprint density at radius 2 is 1.95 bits per heavy atom. The zero-order chi connectivity index (χ0) is 13.2. The smallest absolute Gasteiger partial charge is 0.123 e. The number of aryl methyl sites for hydroxylation is 1. The molecule has 0 aromatic heterocycles. The Bertz CT molecular complexity index is 580. The van der Waals surface area contributed by atoms with E-state index < -0.39 is 0 Å². The SMILES string of the molecule is Fc1ccc2c(c1)CCC2NCc1ccc(Br)cc1. The first-order valence-corrected chi connectivity index (χ1v) is 7.28. The Morgan fingerprint density at radius 3 is 2.74 bits per heavy atom. The molecule has 1 unspecified atom stereocenters. The molecule has 0 aliphatic heterocycles. The molecule has 1 N–H and O–H groups in total. The standard InChI is InChI=1S/C16H15BrFN/c17-13-4-1-11(2-5-13)10-19-16-8-3-12-9-14(18)6-7-15(12)16/h1-2,4-7,9,16,19H,3,8,10H2. The molecule has 1 nitrogen and oxygen atoms in total. The van der Waals surface area contributed by atoms with Crippen LogP contribution in [0.25, 0.3) is 0 Å². The van der Waals surface area contributed by atoms with Gasteiger partial charge in [-0.2, -0.15) is 0 Å². The van der Waals surface area contributed by atoms with E-state index in [-0.39, 0.29) is 5.82 Å². The summed E-state index contributed by atoms with van der Waals surface area (Å²) in [5, 5.41) is 3.56. The number of hydrogen-bond acceptors (Lipinski definition) is 1. The van der Waals surface area contributed by atoms with Gasteiger partial charge in [0, 0.05) is 17.1 Å². The summed E-state index contributed by atoms with van der Waals surface area (Å²) in [6.07, 6.45) is 2.01. The second kappa shape index (κ2) is 5.43. The Labute approximate surface area is 121 Å². The van der Waals surface area contributed by atoms with Crippen molar-refractivity contribution in [3.05, 3.63) is 69.4 Å². The molecular weight excluding hydrogens is 305 g/mol. The summed E-state index contributed by atoms with van der Waals surface area (Å²) >= 11 is 3.44. The average molecular weight is 320 g/mol. The van der Waals surface area contributed by atoms with Gasteiger partial charge in [-0.1, -0.05) is 34.1 Å². The molecule has 0 radical (unpaired) electrons. The van der Waals surface area contributed by atoms with E-state index in [1.54, 1.807) is 12.1 Å². The van der Waals surface area contributed by atoms with Gasteiger partial charge < -0.3 is 5.32 Å². The normalized spacial score (nSPS) is 17.5. The van der Waals surface area contributed by atoms with E-state index in [0.717, 1.165) is 29.4 Å². The monoisotopic (exact) mass is 319 g/mol. The van der Waals surface area contributed by atoms with Gasteiger partial charge >= 0.3 is 0 Å². The molecular formula is C16H15BrFN. The zero-order valence-electron chi connectivity index (χ0n) is 10.5. The van der Waals surface area contributed by atoms with Crippen molar-refractivity contribution < 1.29 is 4.39 Å². The first kappa shape index (κ1) is 12.8. The summed E-state index contributed by atoms with van der Waals surface area (Å²) in [6, 6.07) is 13.8. The molecule has 1 aliphatic rings. The van der Waals surface area contributed by atoms with Gasteiger partial charge in [0.15, 0.2) is 0 Å². The van der Waals surface area contributed by atoms with Crippen molar-refractivity contribution in [2.75, 3.05) is 0 Å². The Hall–Kier alpha value is -1.19. The molecule has 0 fully saturated rings. The molecule has 0 bridgehead atoms. The zero-order valence-corrected chi connectivity index (χ0v) is 12.1. The van der Waals surface area contributed by atoms with E-state index in [9.17, 15) is 4.39 Å². The average Bonchev–Trinajstić information content (AvgIpc) is 2.80. The molecule has 3 heteroatoms. The van der Waals surface area contributed by atoms with Crippen LogP contribution in [0.3, 0.4) is 0 Å². The topological polar surface area (TPSA) is 12.0 Å². The molecule has 1 aliphatic carbocycles. The largest absolute Gasteiger partial charge is 0.306 e. The summed E-state index contributed by atoms with van der Waals surface area (Å²) in [7, 11) is 0. The van der Waals surface area contributed by atoms with E-state index >= 15 is 0 Å². The van der Waals surface area contributed by atoms with Crippen LogP contribution in [-0.2, 0) is 13.0 Å². The predicted octanol–water partition coefficient (Wildman–Crippen LogP) is 4.37. The van der Waals surface area contributed by atoms with Crippen LogP contribution in [0.15, 0.2) is 46.9 Å². The van der Waals surface area contributed by atoms with Crippen LogP contribution < -0.4 is 5.32 Å². The van der Waals surface area contributed by atoms with Crippen LogP contribution in [0.4, 0.5) is 4.39 Å². The van der Waals surface area contributed by atoms with Crippen molar-refractivity contribution in [3.8, 4) is 0 Å². The second-order valence-electron chi connectivity index (χ2n) is 4.94. The fraction of sp³-hybridized carbons (Fsp3) is 0.250. The highest BCUT2D eigenvalue weighted by Gasteiger charge is 2.21. The molecule has 0 amide bonds. The summed E-state index contributed by atoms with van der Waals surface area (Å²) in [4.78, 5) is 0.